The Kier molecular flexibility index (Phi) is 12.2. The second-order valence-corrected chi connectivity index (χ2v) is 12.6. The molecule has 0 bridgehead atoms. The Hall–Kier alpha value is -4.83. The van der Waals surface area contributed by atoms with Crippen LogP contribution in [0, 0.1) is 0 Å². The first kappa shape index (κ1) is 34.1. The quantitative estimate of drug-likeness (QED) is 0.163. The van der Waals surface area contributed by atoms with Crippen LogP contribution < -0.4 is 19.1 Å². The van der Waals surface area contributed by atoms with Gasteiger partial charge in [0.15, 0.2) is 0 Å². The second kappa shape index (κ2) is 16.5. The highest BCUT2D eigenvalue weighted by molar-refractivity contribution is 7.92. The van der Waals surface area contributed by atoms with Crippen molar-refractivity contribution in [1.82, 2.24) is 10.2 Å². The number of carbonyl (C=O) groups is 2. The van der Waals surface area contributed by atoms with Crippen molar-refractivity contribution in [2.24, 2.45) is 0 Å². The molecule has 0 aliphatic carbocycles. The summed E-state index contributed by atoms with van der Waals surface area (Å²) >= 11 is 0. The highest BCUT2D eigenvalue weighted by Crippen LogP contribution is 2.36. The van der Waals surface area contributed by atoms with Crippen molar-refractivity contribution >= 4 is 27.5 Å². The predicted molar refractivity (Wildman–Crippen MR) is 179 cm³/mol. The minimum Gasteiger partial charge on any atom is -0.497 e. The number of unbranched alkanes of at least 4 members (excludes halogenated alkanes) is 1. The van der Waals surface area contributed by atoms with Gasteiger partial charge in [0.1, 0.15) is 24.1 Å². The summed E-state index contributed by atoms with van der Waals surface area (Å²) in [5.74, 6) is -0.242. The Morgan fingerprint density at radius 3 is 2.00 bits per heavy atom. The van der Waals surface area contributed by atoms with E-state index in [1.807, 2.05) is 67.6 Å². The van der Waals surface area contributed by atoms with Gasteiger partial charge in [-0.2, -0.15) is 0 Å². The fourth-order valence-electron chi connectivity index (χ4n) is 5.06. The molecule has 0 aliphatic heterocycles. The molecule has 0 spiro atoms. The molecular formula is C36H41N3O6S. The number of benzene rings is 4. The molecule has 4 aromatic carbocycles. The number of nitrogens with one attached hydrogen (secondary N) is 1. The first-order valence-electron chi connectivity index (χ1n) is 15.2. The lowest BCUT2D eigenvalue weighted by molar-refractivity contribution is -0.140. The van der Waals surface area contributed by atoms with Crippen LogP contribution in [0.5, 0.6) is 11.5 Å². The van der Waals surface area contributed by atoms with Crippen molar-refractivity contribution in [2.75, 3.05) is 31.6 Å². The lowest BCUT2D eigenvalue weighted by Gasteiger charge is -2.34. The van der Waals surface area contributed by atoms with E-state index in [4.69, 9.17) is 9.47 Å². The largest absolute Gasteiger partial charge is 0.497 e. The van der Waals surface area contributed by atoms with Gasteiger partial charge in [0.25, 0.3) is 10.0 Å². The number of amides is 2. The first-order chi connectivity index (χ1) is 22.3. The summed E-state index contributed by atoms with van der Waals surface area (Å²) in [5.41, 5.74) is 1.80. The molecule has 0 saturated carbocycles. The van der Waals surface area contributed by atoms with Crippen LogP contribution in [0.3, 0.4) is 0 Å². The average molecular weight is 644 g/mol. The van der Waals surface area contributed by atoms with Crippen molar-refractivity contribution in [3.8, 4) is 11.5 Å². The van der Waals surface area contributed by atoms with E-state index < -0.39 is 28.5 Å². The van der Waals surface area contributed by atoms with Gasteiger partial charge < -0.3 is 19.7 Å². The number of sulfonamides is 1. The standard InChI is InChI=1S/C36H41N3O6S/c1-4-5-23-37-36(41)33(24-28-15-9-6-10-16-28)38(26-29-17-11-7-12-18-29)35(40)27-39(46(42,43)31-19-13-8-14-20-31)32-25-30(44-2)21-22-34(32)45-3/h6-22,25,33H,4-5,23-24,26-27H2,1-3H3,(H,37,41)/t33-/m0/s1. The zero-order valence-electron chi connectivity index (χ0n) is 26.5. The summed E-state index contributed by atoms with van der Waals surface area (Å²) < 4.78 is 40.5. The van der Waals surface area contributed by atoms with Crippen molar-refractivity contribution in [3.63, 3.8) is 0 Å². The average Bonchev–Trinajstić information content (AvgIpc) is 3.09. The maximum Gasteiger partial charge on any atom is 0.264 e. The fraction of sp³-hybridized carbons (Fsp3) is 0.278. The smallest absolute Gasteiger partial charge is 0.264 e. The molecular weight excluding hydrogens is 602 g/mol. The minimum atomic E-state index is -4.29. The van der Waals surface area contributed by atoms with Crippen molar-refractivity contribution < 1.29 is 27.5 Å². The number of carbonyl (C=O) groups excluding carboxylic acids is 2. The lowest BCUT2D eigenvalue weighted by Crippen LogP contribution is -2.53. The third kappa shape index (κ3) is 8.66. The Morgan fingerprint density at radius 2 is 1.41 bits per heavy atom. The van der Waals surface area contributed by atoms with Crippen LogP contribution in [-0.2, 0) is 32.6 Å². The second-order valence-electron chi connectivity index (χ2n) is 10.7. The van der Waals surface area contributed by atoms with Crippen LogP contribution in [-0.4, -0.2) is 58.5 Å². The predicted octanol–water partition coefficient (Wildman–Crippen LogP) is 5.46. The molecule has 0 unspecified atom stereocenters. The highest BCUT2D eigenvalue weighted by Gasteiger charge is 2.35. The maximum atomic E-state index is 14.6. The van der Waals surface area contributed by atoms with Gasteiger partial charge in [-0.25, -0.2) is 8.42 Å². The fourth-order valence-corrected chi connectivity index (χ4v) is 6.50. The molecule has 2 amide bonds. The van der Waals surface area contributed by atoms with Crippen LogP contribution >= 0.6 is 0 Å². The topological polar surface area (TPSA) is 105 Å². The molecule has 0 radical (unpaired) electrons. The SMILES string of the molecule is CCCCNC(=O)[C@H](Cc1ccccc1)N(Cc1ccccc1)C(=O)CN(c1cc(OC)ccc1OC)S(=O)(=O)c1ccccc1. The molecule has 242 valence electrons. The molecule has 0 saturated heterocycles. The third-order valence-electron chi connectivity index (χ3n) is 7.56. The zero-order valence-corrected chi connectivity index (χ0v) is 27.3. The van der Waals surface area contributed by atoms with Gasteiger partial charge in [0, 0.05) is 25.6 Å². The van der Waals surface area contributed by atoms with Gasteiger partial charge in [0.05, 0.1) is 24.8 Å². The van der Waals surface area contributed by atoms with Crippen LogP contribution in [0.2, 0.25) is 0 Å². The van der Waals surface area contributed by atoms with Gasteiger partial charge in [0.2, 0.25) is 11.8 Å². The molecule has 10 heteroatoms. The molecule has 0 heterocycles. The Balaban J connectivity index is 1.83. The molecule has 4 rings (SSSR count). The van der Waals surface area contributed by atoms with E-state index in [0.717, 1.165) is 28.3 Å². The van der Waals surface area contributed by atoms with Crippen molar-refractivity contribution in [2.45, 2.75) is 43.7 Å². The number of hydrogen-bond acceptors (Lipinski definition) is 6. The number of methoxy groups -OCH3 is 2. The van der Waals surface area contributed by atoms with Gasteiger partial charge in [-0.1, -0.05) is 92.2 Å². The first-order valence-corrected chi connectivity index (χ1v) is 16.7. The zero-order chi connectivity index (χ0) is 32.9. The number of rotatable bonds is 16. The van der Waals surface area contributed by atoms with E-state index >= 15 is 0 Å². The molecule has 0 aliphatic rings. The number of ether oxygens (including phenoxy) is 2. The summed E-state index contributed by atoms with van der Waals surface area (Å²) in [6.07, 6.45) is 1.92. The lowest BCUT2D eigenvalue weighted by atomic mass is 10.0. The molecule has 0 aromatic heterocycles. The summed E-state index contributed by atoms with van der Waals surface area (Å²) in [6, 6.07) is 30.6. The van der Waals surface area contributed by atoms with Crippen LogP contribution in [0.1, 0.15) is 30.9 Å². The van der Waals surface area contributed by atoms with E-state index in [-0.39, 0.29) is 35.2 Å². The molecule has 1 atom stereocenters. The van der Waals surface area contributed by atoms with Gasteiger partial charge in [-0.05, 0) is 41.8 Å². The van der Waals surface area contributed by atoms with Crippen LogP contribution in [0.15, 0.2) is 114 Å². The number of hydrogen-bond donors (Lipinski definition) is 1. The van der Waals surface area contributed by atoms with Crippen LogP contribution in [0.25, 0.3) is 0 Å². The summed E-state index contributed by atoms with van der Waals surface area (Å²) in [7, 11) is -1.38. The summed E-state index contributed by atoms with van der Waals surface area (Å²) in [6.45, 7) is 1.99. The molecule has 4 aromatic rings. The monoisotopic (exact) mass is 643 g/mol. The normalized spacial score (nSPS) is 11.7. The van der Waals surface area contributed by atoms with Crippen molar-refractivity contribution in [3.05, 3.63) is 120 Å². The summed E-state index contributed by atoms with van der Waals surface area (Å²) in [4.78, 5) is 29.9. The Morgan fingerprint density at radius 1 is 0.804 bits per heavy atom. The van der Waals surface area contributed by atoms with Gasteiger partial charge >= 0.3 is 0 Å². The van der Waals surface area contributed by atoms with E-state index in [0.29, 0.717) is 12.3 Å². The molecule has 46 heavy (non-hydrogen) atoms. The Bertz CT molecular complexity index is 1670. The van der Waals surface area contributed by atoms with E-state index in [2.05, 4.69) is 5.32 Å². The third-order valence-corrected chi connectivity index (χ3v) is 9.34. The van der Waals surface area contributed by atoms with E-state index in [9.17, 15) is 18.0 Å². The highest BCUT2D eigenvalue weighted by atomic mass is 32.2. The number of nitrogens with zero attached hydrogens (tertiary/aromatic N) is 2. The Labute approximate surface area is 271 Å². The van der Waals surface area contributed by atoms with Crippen LogP contribution in [0.4, 0.5) is 5.69 Å². The molecule has 1 N–H and O–H groups in total. The van der Waals surface area contributed by atoms with Gasteiger partial charge in [-0.3, -0.25) is 13.9 Å². The van der Waals surface area contributed by atoms with Crippen molar-refractivity contribution in [1.29, 1.82) is 0 Å². The number of anilines is 1. The van der Waals surface area contributed by atoms with Gasteiger partial charge in [-0.15, -0.1) is 0 Å². The van der Waals surface area contributed by atoms with E-state index in [1.54, 1.807) is 30.3 Å². The minimum absolute atomic E-state index is 0.000395. The maximum absolute atomic E-state index is 14.6. The molecule has 9 nitrogen and oxygen atoms in total. The van der Waals surface area contributed by atoms with E-state index in [1.165, 1.54) is 37.3 Å². The molecule has 0 fully saturated rings. The summed E-state index contributed by atoms with van der Waals surface area (Å²) in [5, 5.41) is 3.00.